The van der Waals surface area contributed by atoms with Crippen LogP contribution in [-0.4, -0.2) is 25.3 Å². The minimum Gasteiger partial charge on any atom is -0.212 e. The zero-order chi connectivity index (χ0) is 22.5. The molecule has 160 valence electrons. The van der Waals surface area contributed by atoms with Crippen LogP contribution in [0.5, 0.6) is 0 Å². The summed E-state index contributed by atoms with van der Waals surface area (Å²) in [4.78, 5) is 0. The van der Waals surface area contributed by atoms with Crippen LogP contribution in [0, 0.1) is 0 Å². The Labute approximate surface area is 195 Å². The normalized spacial score (nSPS) is 11.5. The molecule has 4 aromatic carbocycles. The van der Waals surface area contributed by atoms with E-state index in [1.165, 1.54) is 0 Å². The van der Waals surface area contributed by atoms with Gasteiger partial charge in [0.15, 0.2) is 5.69 Å². The number of fused-ring (bicyclic) bond motifs is 8. The molecule has 34 heavy (non-hydrogen) atoms. The molecule has 0 fully saturated rings. The van der Waals surface area contributed by atoms with Gasteiger partial charge in [-0.25, -0.2) is 4.68 Å². The highest BCUT2D eigenvalue weighted by molar-refractivity contribution is 5.98. The minimum absolute atomic E-state index is 0.846. The Kier molecular flexibility index (Phi) is 4.04. The Morgan fingerprint density at radius 1 is 0.588 bits per heavy atom. The predicted octanol–water partition coefficient (Wildman–Crippen LogP) is 5.25. The summed E-state index contributed by atoms with van der Waals surface area (Å²) >= 11 is 0. The van der Waals surface area contributed by atoms with Crippen molar-refractivity contribution < 1.29 is 4.68 Å². The van der Waals surface area contributed by atoms with Crippen molar-refractivity contribution in [3.05, 3.63) is 109 Å². The zero-order valence-electron chi connectivity index (χ0n) is 18.1. The summed E-state index contributed by atoms with van der Waals surface area (Å²) < 4.78 is 3.96. The van der Waals surface area contributed by atoms with E-state index in [4.69, 9.17) is 10.2 Å². The topological polar surface area (TPSA) is 63.3 Å². The maximum atomic E-state index is 4.82. The van der Waals surface area contributed by atoms with E-state index in [1.807, 2.05) is 70.0 Å². The molecule has 6 heteroatoms. The van der Waals surface area contributed by atoms with Crippen LogP contribution in [0.3, 0.4) is 0 Å². The standard InChI is InChI=1S/C28H18N6/c1-3-11-19(12-4-1)33-27-23-17-9-7-15-21(23)26-28(34(32-30-26)20-13-5-2-6-14-20)24-18-10-8-16-22(24)25(27)29-31-33/h1-18H/p+1. The Morgan fingerprint density at radius 2 is 1.18 bits per heavy atom. The van der Waals surface area contributed by atoms with Gasteiger partial charge in [0.1, 0.15) is 11.4 Å². The fourth-order valence-electron chi connectivity index (χ4n) is 4.76. The molecule has 0 saturated heterocycles. The van der Waals surface area contributed by atoms with Gasteiger partial charge in [0.25, 0.3) is 5.69 Å². The molecule has 0 aliphatic heterocycles. The van der Waals surface area contributed by atoms with Crippen molar-refractivity contribution in [2.24, 2.45) is 0 Å². The summed E-state index contributed by atoms with van der Waals surface area (Å²) in [5.41, 5.74) is 9.78. The fourth-order valence-corrected chi connectivity index (χ4v) is 4.76. The van der Waals surface area contributed by atoms with E-state index in [2.05, 4.69) is 59.0 Å². The van der Waals surface area contributed by atoms with Crippen molar-refractivity contribution in [3.8, 4) is 56.4 Å². The third-order valence-electron chi connectivity index (χ3n) is 6.27. The number of hydrogen-bond donors (Lipinski definition) is 1. The highest BCUT2D eigenvalue weighted by atomic mass is 15.4. The monoisotopic (exact) mass is 439 g/mol. The molecule has 2 heterocycles. The van der Waals surface area contributed by atoms with Gasteiger partial charge in [0.05, 0.1) is 5.69 Å². The maximum absolute atomic E-state index is 4.82. The molecular weight excluding hydrogens is 420 g/mol. The van der Waals surface area contributed by atoms with Gasteiger partial charge in [-0.15, -0.1) is 9.78 Å². The molecule has 7 rings (SSSR count). The van der Waals surface area contributed by atoms with Gasteiger partial charge in [0.2, 0.25) is 5.69 Å². The van der Waals surface area contributed by atoms with E-state index in [9.17, 15) is 0 Å². The number of nitrogens with zero attached hydrogens (tertiary/aromatic N) is 5. The number of benzene rings is 4. The predicted molar refractivity (Wildman–Crippen MR) is 130 cm³/mol. The molecule has 1 N–H and O–H groups in total. The molecule has 0 unspecified atom stereocenters. The Hall–Kier alpha value is -4.84. The first kappa shape index (κ1) is 18.7. The van der Waals surface area contributed by atoms with E-state index >= 15 is 0 Å². The first-order valence-corrected chi connectivity index (χ1v) is 11.2. The fraction of sp³-hybridized carbons (Fsp3) is 0. The SMILES string of the molecule is c1ccc(-n2nnc3c2-c2ccccc2-c2n[nH][n+](-c4ccccc4)c2-c2ccccc2-3)cc1. The summed E-state index contributed by atoms with van der Waals surface area (Å²) in [5.74, 6) is 0. The molecule has 0 atom stereocenters. The second-order valence-electron chi connectivity index (χ2n) is 8.21. The van der Waals surface area contributed by atoms with E-state index in [-0.39, 0.29) is 0 Å². The smallest absolute Gasteiger partial charge is 0.212 e. The lowest BCUT2D eigenvalue weighted by Gasteiger charge is -2.15. The molecule has 1 aliphatic rings. The number of hydrogen-bond acceptors (Lipinski definition) is 3. The number of nitrogens with one attached hydrogen (secondary N) is 1. The van der Waals surface area contributed by atoms with Crippen LogP contribution in [0.1, 0.15) is 0 Å². The van der Waals surface area contributed by atoms with Crippen LogP contribution >= 0.6 is 0 Å². The van der Waals surface area contributed by atoms with Crippen molar-refractivity contribution in [2.45, 2.75) is 0 Å². The van der Waals surface area contributed by atoms with Gasteiger partial charge in [0, 0.05) is 27.4 Å². The molecule has 6 nitrogen and oxygen atoms in total. The molecule has 0 spiro atoms. The lowest BCUT2D eigenvalue weighted by atomic mass is 9.89. The largest absolute Gasteiger partial charge is 0.257 e. The number of H-pyrrole nitrogens is 1. The third-order valence-corrected chi connectivity index (χ3v) is 6.27. The average molecular weight is 440 g/mol. The van der Waals surface area contributed by atoms with Crippen molar-refractivity contribution in [1.82, 2.24) is 25.3 Å². The van der Waals surface area contributed by atoms with E-state index in [0.717, 1.165) is 56.4 Å². The van der Waals surface area contributed by atoms with Crippen molar-refractivity contribution in [1.29, 1.82) is 0 Å². The molecule has 1 aliphatic carbocycles. The van der Waals surface area contributed by atoms with Crippen LogP contribution in [0.15, 0.2) is 109 Å². The van der Waals surface area contributed by atoms with Gasteiger partial charge < -0.3 is 0 Å². The molecule has 0 bridgehead atoms. The summed E-state index contributed by atoms with van der Waals surface area (Å²) in [6.07, 6.45) is 0. The molecule has 2 aromatic heterocycles. The summed E-state index contributed by atoms with van der Waals surface area (Å²) in [7, 11) is 0. The Balaban J connectivity index is 1.61. The van der Waals surface area contributed by atoms with Crippen LogP contribution < -0.4 is 4.68 Å². The second-order valence-corrected chi connectivity index (χ2v) is 8.21. The highest BCUT2D eigenvalue weighted by Crippen LogP contribution is 2.45. The molecule has 0 radical (unpaired) electrons. The Bertz CT molecular complexity index is 1520. The van der Waals surface area contributed by atoms with Crippen LogP contribution in [0.25, 0.3) is 56.4 Å². The van der Waals surface area contributed by atoms with E-state index < -0.39 is 0 Å². The summed E-state index contributed by atoms with van der Waals surface area (Å²) in [6, 6.07) is 37.0. The molecular formula is C28H19N6+. The van der Waals surface area contributed by atoms with Crippen LogP contribution in [-0.2, 0) is 0 Å². The lowest BCUT2D eigenvalue weighted by Crippen LogP contribution is -2.35. The van der Waals surface area contributed by atoms with Crippen molar-refractivity contribution in [3.63, 3.8) is 0 Å². The van der Waals surface area contributed by atoms with Gasteiger partial charge in [-0.3, -0.25) is 0 Å². The molecule has 6 aromatic rings. The van der Waals surface area contributed by atoms with E-state index in [0.29, 0.717) is 0 Å². The maximum Gasteiger partial charge on any atom is 0.257 e. The second kappa shape index (κ2) is 7.35. The van der Waals surface area contributed by atoms with Gasteiger partial charge >= 0.3 is 0 Å². The highest BCUT2D eigenvalue weighted by Gasteiger charge is 2.34. The van der Waals surface area contributed by atoms with Gasteiger partial charge in [-0.05, 0) is 36.4 Å². The molecule has 0 amide bonds. The molecule has 0 saturated carbocycles. The van der Waals surface area contributed by atoms with Gasteiger partial charge in [-0.1, -0.05) is 83.2 Å². The number of aromatic amines is 1. The summed E-state index contributed by atoms with van der Waals surface area (Å²) in [5, 5.41) is 17.4. The van der Waals surface area contributed by atoms with Crippen molar-refractivity contribution in [2.75, 3.05) is 0 Å². The Morgan fingerprint density at radius 3 is 1.91 bits per heavy atom. The van der Waals surface area contributed by atoms with E-state index in [1.54, 1.807) is 0 Å². The first-order chi connectivity index (χ1) is 16.9. The number of para-hydroxylation sites is 2. The van der Waals surface area contributed by atoms with Gasteiger partial charge in [-0.2, -0.15) is 0 Å². The number of rotatable bonds is 2. The average Bonchev–Trinajstić information content (AvgIpc) is 3.54. The summed E-state index contributed by atoms with van der Waals surface area (Å²) in [6.45, 7) is 0. The zero-order valence-corrected chi connectivity index (χ0v) is 18.1. The quantitative estimate of drug-likeness (QED) is 0.374. The van der Waals surface area contributed by atoms with Crippen molar-refractivity contribution >= 4 is 0 Å². The van der Waals surface area contributed by atoms with Crippen LogP contribution in [0.4, 0.5) is 0 Å². The first-order valence-electron chi connectivity index (χ1n) is 11.2. The minimum atomic E-state index is 0.846. The number of aromatic nitrogens is 6. The lowest BCUT2D eigenvalue weighted by molar-refractivity contribution is -0.648. The van der Waals surface area contributed by atoms with Crippen LogP contribution in [0.2, 0.25) is 0 Å². The third kappa shape index (κ3) is 2.69.